The molecule has 1 N–H and O–H groups in total. The molecule has 0 aliphatic heterocycles. The van der Waals surface area contributed by atoms with Crippen molar-refractivity contribution in [3.8, 4) is 22.6 Å². The molecule has 0 saturated heterocycles. The minimum absolute atomic E-state index is 0.192. The van der Waals surface area contributed by atoms with Crippen LogP contribution in [0.2, 0.25) is 0 Å². The third kappa shape index (κ3) is 3.11. The number of nitrogens with one attached hydrogen (secondary N) is 1. The van der Waals surface area contributed by atoms with Crippen LogP contribution in [0.25, 0.3) is 16.8 Å². The Balaban J connectivity index is 1.79. The van der Waals surface area contributed by atoms with Crippen molar-refractivity contribution in [2.45, 2.75) is 13.5 Å². The van der Waals surface area contributed by atoms with E-state index in [0.717, 1.165) is 11.4 Å². The van der Waals surface area contributed by atoms with Crippen LogP contribution in [-0.2, 0) is 13.7 Å². The molecule has 9 heteroatoms. The van der Waals surface area contributed by atoms with Gasteiger partial charge in [-0.2, -0.15) is 10.2 Å². The zero-order valence-electron chi connectivity index (χ0n) is 15.6. The van der Waals surface area contributed by atoms with Gasteiger partial charge in [0.15, 0.2) is 5.65 Å². The van der Waals surface area contributed by atoms with E-state index >= 15 is 0 Å². The van der Waals surface area contributed by atoms with Crippen LogP contribution in [0.1, 0.15) is 11.4 Å². The van der Waals surface area contributed by atoms with Crippen LogP contribution in [0.5, 0.6) is 11.5 Å². The molecule has 0 unspecified atom stereocenters. The molecule has 0 aliphatic carbocycles. The van der Waals surface area contributed by atoms with Crippen molar-refractivity contribution in [2.75, 3.05) is 7.11 Å². The normalized spacial score (nSPS) is 11.1. The molecular weight excluding hydrogens is 365 g/mol. The summed E-state index contributed by atoms with van der Waals surface area (Å²) in [4.78, 5) is 12.0. The number of aryl methyl sites for hydroxylation is 2. The first kappa shape index (κ1) is 17.8. The lowest BCUT2D eigenvalue weighted by atomic mass is 10.1. The fraction of sp³-hybridized carbons (Fsp3) is 0.211. The Morgan fingerprint density at radius 1 is 1.21 bits per heavy atom. The van der Waals surface area contributed by atoms with Crippen LogP contribution in [0.4, 0.5) is 4.39 Å². The minimum atomic E-state index is -0.492. The SMILES string of the molecule is COc1ccc(-c2cn3c(=O)[nH]nc3cc2OCc2cc(C)n(C)n2)c(F)c1. The predicted octanol–water partition coefficient (Wildman–Crippen LogP) is 2.46. The van der Waals surface area contributed by atoms with Crippen molar-refractivity contribution < 1.29 is 13.9 Å². The highest BCUT2D eigenvalue weighted by molar-refractivity contribution is 5.73. The van der Waals surface area contributed by atoms with E-state index in [4.69, 9.17) is 9.47 Å². The molecule has 0 fully saturated rings. The maximum absolute atomic E-state index is 14.7. The van der Waals surface area contributed by atoms with Gasteiger partial charge in [0.25, 0.3) is 0 Å². The average molecular weight is 383 g/mol. The van der Waals surface area contributed by atoms with Gasteiger partial charge in [0.1, 0.15) is 29.6 Å². The number of halogens is 1. The number of ether oxygens (including phenoxy) is 2. The van der Waals surface area contributed by atoms with Crippen molar-refractivity contribution in [3.63, 3.8) is 0 Å². The summed E-state index contributed by atoms with van der Waals surface area (Å²) in [5, 5.41) is 10.7. The standard InChI is InChI=1S/C19H18FN5O3/c1-11-6-12(23-24(11)2)10-28-17-8-18-21-22-19(26)25(18)9-15(17)14-5-4-13(27-3)7-16(14)20/h4-9H,10H2,1-3H3,(H,22,26). The number of methoxy groups -OCH3 is 1. The van der Waals surface area contributed by atoms with Gasteiger partial charge in [0.05, 0.1) is 7.11 Å². The number of hydrogen-bond acceptors (Lipinski definition) is 5. The average Bonchev–Trinajstić information content (AvgIpc) is 3.21. The van der Waals surface area contributed by atoms with E-state index in [1.807, 2.05) is 20.0 Å². The minimum Gasteiger partial charge on any atom is -0.497 e. The summed E-state index contributed by atoms with van der Waals surface area (Å²) in [5.74, 6) is 0.293. The Morgan fingerprint density at radius 2 is 2.04 bits per heavy atom. The van der Waals surface area contributed by atoms with E-state index < -0.39 is 11.5 Å². The Hall–Kier alpha value is -3.62. The quantitative estimate of drug-likeness (QED) is 0.572. The van der Waals surface area contributed by atoms with Crippen molar-refractivity contribution in [2.24, 2.45) is 7.05 Å². The van der Waals surface area contributed by atoms with Crippen LogP contribution < -0.4 is 15.2 Å². The van der Waals surface area contributed by atoms with Crippen LogP contribution in [0.15, 0.2) is 41.3 Å². The second kappa shape index (κ2) is 6.84. The van der Waals surface area contributed by atoms with E-state index in [-0.39, 0.29) is 12.2 Å². The van der Waals surface area contributed by atoms with Gasteiger partial charge in [-0.25, -0.2) is 18.7 Å². The largest absolute Gasteiger partial charge is 0.497 e. The van der Waals surface area contributed by atoms with Crippen LogP contribution >= 0.6 is 0 Å². The number of benzene rings is 1. The fourth-order valence-corrected chi connectivity index (χ4v) is 2.95. The second-order valence-electron chi connectivity index (χ2n) is 6.34. The zero-order valence-corrected chi connectivity index (χ0v) is 15.6. The van der Waals surface area contributed by atoms with Crippen molar-refractivity contribution in [3.05, 3.63) is 64.2 Å². The second-order valence-corrected chi connectivity index (χ2v) is 6.34. The fourth-order valence-electron chi connectivity index (χ4n) is 2.95. The molecule has 8 nitrogen and oxygen atoms in total. The molecular formula is C19H18FN5O3. The lowest BCUT2D eigenvalue weighted by molar-refractivity contribution is 0.301. The molecule has 0 saturated carbocycles. The molecule has 0 radical (unpaired) electrons. The molecule has 0 spiro atoms. The molecule has 0 bridgehead atoms. The van der Waals surface area contributed by atoms with Crippen LogP contribution in [0, 0.1) is 12.7 Å². The number of rotatable bonds is 5. The van der Waals surface area contributed by atoms with E-state index in [9.17, 15) is 9.18 Å². The Kier molecular flexibility index (Phi) is 4.34. The van der Waals surface area contributed by atoms with Crippen molar-refractivity contribution in [1.82, 2.24) is 24.4 Å². The van der Waals surface area contributed by atoms with E-state index in [2.05, 4.69) is 15.3 Å². The monoisotopic (exact) mass is 383 g/mol. The number of pyridine rings is 1. The van der Waals surface area contributed by atoms with Crippen LogP contribution in [0.3, 0.4) is 0 Å². The highest BCUT2D eigenvalue weighted by Gasteiger charge is 2.16. The van der Waals surface area contributed by atoms with Gasteiger partial charge in [-0.05, 0) is 25.1 Å². The molecule has 0 aliphatic rings. The van der Waals surface area contributed by atoms with Gasteiger partial charge < -0.3 is 9.47 Å². The topological polar surface area (TPSA) is 86.4 Å². The van der Waals surface area contributed by atoms with Gasteiger partial charge in [-0.1, -0.05) is 0 Å². The van der Waals surface area contributed by atoms with Crippen LogP contribution in [-0.4, -0.2) is 31.5 Å². The lowest BCUT2D eigenvalue weighted by Gasteiger charge is -2.13. The summed E-state index contributed by atoms with van der Waals surface area (Å²) in [6, 6.07) is 8.01. The first-order chi connectivity index (χ1) is 13.5. The smallest absolute Gasteiger partial charge is 0.347 e. The maximum Gasteiger partial charge on any atom is 0.347 e. The Bertz CT molecular complexity index is 1200. The number of hydrogen-bond donors (Lipinski definition) is 1. The van der Waals surface area contributed by atoms with Crippen molar-refractivity contribution in [1.29, 1.82) is 0 Å². The summed E-state index contributed by atoms with van der Waals surface area (Å²) in [6.07, 6.45) is 1.51. The Labute approximate surface area is 159 Å². The molecule has 28 heavy (non-hydrogen) atoms. The Morgan fingerprint density at radius 3 is 2.71 bits per heavy atom. The summed E-state index contributed by atoms with van der Waals surface area (Å²) in [7, 11) is 3.31. The molecule has 144 valence electrons. The number of H-pyrrole nitrogens is 1. The third-order valence-corrected chi connectivity index (χ3v) is 4.52. The number of nitrogens with zero attached hydrogens (tertiary/aromatic N) is 4. The maximum atomic E-state index is 14.7. The molecule has 4 rings (SSSR count). The highest BCUT2D eigenvalue weighted by atomic mass is 19.1. The first-order valence-corrected chi connectivity index (χ1v) is 8.53. The highest BCUT2D eigenvalue weighted by Crippen LogP contribution is 2.34. The summed E-state index contributed by atoms with van der Waals surface area (Å²) >= 11 is 0. The summed E-state index contributed by atoms with van der Waals surface area (Å²) in [6.45, 7) is 2.13. The number of aromatic nitrogens is 5. The molecule has 3 heterocycles. The van der Waals surface area contributed by atoms with Gasteiger partial charge in [-0.3, -0.25) is 4.68 Å². The molecule has 3 aromatic heterocycles. The van der Waals surface area contributed by atoms with E-state index in [1.165, 1.54) is 23.8 Å². The lowest BCUT2D eigenvalue weighted by Crippen LogP contribution is -2.10. The first-order valence-electron chi connectivity index (χ1n) is 8.53. The van der Waals surface area contributed by atoms with E-state index in [0.29, 0.717) is 22.7 Å². The van der Waals surface area contributed by atoms with Gasteiger partial charge in [0, 0.05) is 42.2 Å². The predicted molar refractivity (Wildman–Crippen MR) is 100 cm³/mol. The van der Waals surface area contributed by atoms with Gasteiger partial charge >= 0.3 is 5.69 Å². The molecule has 0 amide bonds. The molecule has 1 aromatic carbocycles. The third-order valence-electron chi connectivity index (χ3n) is 4.52. The van der Waals surface area contributed by atoms with Crippen molar-refractivity contribution >= 4 is 5.65 Å². The zero-order chi connectivity index (χ0) is 19.8. The molecule has 4 aromatic rings. The summed E-state index contributed by atoms with van der Waals surface area (Å²) < 4.78 is 28.7. The summed E-state index contributed by atoms with van der Waals surface area (Å²) in [5.41, 5.74) is 2.38. The number of fused-ring (bicyclic) bond motifs is 1. The van der Waals surface area contributed by atoms with Gasteiger partial charge in [-0.15, -0.1) is 0 Å². The van der Waals surface area contributed by atoms with E-state index in [1.54, 1.807) is 22.9 Å². The van der Waals surface area contributed by atoms with Gasteiger partial charge in [0.2, 0.25) is 0 Å². The molecule has 0 atom stereocenters. The number of aromatic amines is 1.